The SMILES string of the molecule is CC1(Cn2c(CCl)nc3ccccc32)CCCCC1. The summed E-state index contributed by atoms with van der Waals surface area (Å²) in [5.41, 5.74) is 2.70. The number of aromatic nitrogens is 2. The van der Waals surface area contributed by atoms with Gasteiger partial charge in [-0.1, -0.05) is 38.3 Å². The molecule has 1 aliphatic rings. The van der Waals surface area contributed by atoms with E-state index in [1.807, 2.05) is 6.07 Å². The van der Waals surface area contributed by atoms with Gasteiger partial charge in [-0.05, 0) is 30.4 Å². The minimum Gasteiger partial charge on any atom is -0.326 e. The van der Waals surface area contributed by atoms with Gasteiger partial charge in [0.25, 0.3) is 0 Å². The zero-order valence-electron chi connectivity index (χ0n) is 11.5. The van der Waals surface area contributed by atoms with Crippen LogP contribution in [0.15, 0.2) is 24.3 Å². The van der Waals surface area contributed by atoms with Crippen LogP contribution in [0.3, 0.4) is 0 Å². The Bertz CT molecular complexity index is 567. The lowest BCUT2D eigenvalue weighted by Crippen LogP contribution is -2.26. The topological polar surface area (TPSA) is 17.8 Å². The average Bonchev–Trinajstić information content (AvgIpc) is 2.77. The second-order valence-corrected chi connectivity index (χ2v) is 6.38. The average molecular weight is 277 g/mol. The highest BCUT2D eigenvalue weighted by molar-refractivity contribution is 6.16. The molecular formula is C16H21ClN2. The molecule has 0 atom stereocenters. The van der Waals surface area contributed by atoms with Crippen molar-refractivity contribution in [2.75, 3.05) is 0 Å². The second kappa shape index (κ2) is 5.16. The smallest absolute Gasteiger partial charge is 0.124 e. The van der Waals surface area contributed by atoms with E-state index >= 15 is 0 Å². The van der Waals surface area contributed by atoms with Gasteiger partial charge >= 0.3 is 0 Å². The molecule has 1 saturated carbocycles. The summed E-state index contributed by atoms with van der Waals surface area (Å²) >= 11 is 6.08. The van der Waals surface area contributed by atoms with Crippen LogP contribution < -0.4 is 0 Å². The fourth-order valence-corrected chi connectivity index (χ4v) is 3.55. The fourth-order valence-electron chi connectivity index (χ4n) is 3.35. The van der Waals surface area contributed by atoms with Gasteiger partial charge in [0.15, 0.2) is 0 Å². The van der Waals surface area contributed by atoms with Gasteiger partial charge in [-0.3, -0.25) is 0 Å². The zero-order chi connectivity index (χ0) is 13.3. The van der Waals surface area contributed by atoms with Gasteiger partial charge in [0.05, 0.1) is 16.9 Å². The fraction of sp³-hybridized carbons (Fsp3) is 0.562. The van der Waals surface area contributed by atoms with Crippen molar-refractivity contribution in [1.82, 2.24) is 9.55 Å². The number of alkyl halides is 1. The van der Waals surface area contributed by atoms with Crippen LogP contribution >= 0.6 is 11.6 Å². The van der Waals surface area contributed by atoms with E-state index in [-0.39, 0.29) is 0 Å². The second-order valence-electron chi connectivity index (χ2n) is 6.11. The van der Waals surface area contributed by atoms with E-state index in [4.69, 9.17) is 11.6 Å². The van der Waals surface area contributed by atoms with Crippen LogP contribution in [0.1, 0.15) is 44.9 Å². The predicted octanol–water partition coefficient (Wildman–Crippen LogP) is 4.75. The van der Waals surface area contributed by atoms with Crippen LogP contribution in [0.5, 0.6) is 0 Å². The largest absolute Gasteiger partial charge is 0.326 e. The molecule has 19 heavy (non-hydrogen) atoms. The lowest BCUT2D eigenvalue weighted by molar-refractivity contribution is 0.184. The van der Waals surface area contributed by atoms with Gasteiger partial charge < -0.3 is 4.57 Å². The van der Waals surface area contributed by atoms with Crippen LogP contribution in [-0.2, 0) is 12.4 Å². The van der Waals surface area contributed by atoms with E-state index in [2.05, 4.69) is 34.7 Å². The normalized spacial score (nSPS) is 18.8. The first-order valence-corrected chi connectivity index (χ1v) is 7.75. The van der Waals surface area contributed by atoms with Gasteiger partial charge in [-0.25, -0.2) is 4.98 Å². The van der Waals surface area contributed by atoms with Crippen molar-refractivity contribution in [1.29, 1.82) is 0 Å². The summed E-state index contributed by atoms with van der Waals surface area (Å²) in [6, 6.07) is 8.36. The van der Waals surface area contributed by atoms with Crippen molar-refractivity contribution in [2.45, 2.75) is 51.5 Å². The number of halogens is 1. The van der Waals surface area contributed by atoms with Gasteiger partial charge in [0.2, 0.25) is 0 Å². The summed E-state index contributed by atoms with van der Waals surface area (Å²) in [7, 11) is 0. The molecule has 0 saturated heterocycles. The van der Waals surface area contributed by atoms with E-state index in [0.717, 1.165) is 17.9 Å². The molecule has 0 radical (unpaired) electrons. The van der Waals surface area contributed by atoms with E-state index in [1.54, 1.807) is 0 Å². The standard InChI is InChI=1S/C16H21ClN2/c1-16(9-5-2-6-10-16)12-19-14-8-4-3-7-13(14)18-15(19)11-17/h3-4,7-8H,2,5-6,9-12H2,1H3. The van der Waals surface area contributed by atoms with E-state index in [0.29, 0.717) is 11.3 Å². The van der Waals surface area contributed by atoms with Gasteiger partial charge in [0, 0.05) is 6.54 Å². The summed E-state index contributed by atoms with van der Waals surface area (Å²) in [5, 5.41) is 0. The van der Waals surface area contributed by atoms with Crippen LogP contribution in [0.25, 0.3) is 11.0 Å². The van der Waals surface area contributed by atoms with E-state index in [1.165, 1.54) is 37.6 Å². The Morgan fingerprint density at radius 3 is 2.68 bits per heavy atom. The summed E-state index contributed by atoms with van der Waals surface area (Å²) in [5.74, 6) is 1.50. The Morgan fingerprint density at radius 1 is 1.21 bits per heavy atom. The number of para-hydroxylation sites is 2. The number of hydrogen-bond acceptors (Lipinski definition) is 1. The number of hydrogen-bond donors (Lipinski definition) is 0. The molecule has 3 rings (SSSR count). The minimum absolute atomic E-state index is 0.405. The maximum Gasteiger partial charge on any atom is 0.124 e. The molecule has 3 heteroatoms. The first-order chi connectivity index (χ1) is 9.22. The zero-order valence-corrected chi connectivity index (χ0v) is 12.3. The molecule has 1 aliphatic carbocycles. The lowest BCUT2D eigenvalue weighted by Gasteiger charge is -2.34. The highest BCUT2D eigenvalue weighted by atomic mass is 35.5. The maximum absolute atomic E-state index is 6.08. The van der Waals surface area contributed by atoms with E-state index in [9.17, 15) is 0 Å². The number of fused-ring (bicyclic) bond motifs is 1. The van der Waals surface area contributed by atoms with Crippen molar-refractivity contribution >= 4 is 22.6 Å². The summed E-state index contributed by atoms with van der Waals surface area (Å²) in [6.07, 6.45) is 6.75. The third-order valence-corrected chi connectivity index (χ3v) is 4.69. The molecule has 0 amide bonds. The monoisotopic (exact) mass is 276 g/mol. The van der Waals surface area contributed by atoms with Gasteiger partial charge in [0.1, 0.15) is 5.82 Å². The van der Waals surface area contributed by atoms with E-state index < -0.39 is 0 Å². The molecule has 0 spiro atoms. The Balaban J connectivity index is 1.99. The maximum atomic E-state index is 6.08. The van der Waals surface area contributed by atoms with Crippen molar-refractivity contribution in [3.05, 3.63) is 30.1 Å². The highest BCUT2D eigenvalue weighted by Gasteiger charge is 2.28. The Hall–Kier alpha value is -1.02. The molecular weight excluding hydrogens is 256 g/mol. The molecule has 2 nitrogen and oxygen atoms in total. The number of nitrogens with zero attached hydrogens (tertiary/aromatic N) is 2. The van der Waals surface area contributed by atoms with Crippen LogP contribution in [-0.4, -0.2) is 9.55 Å². The molecule has 1 fully saturated rings. The molecule has 2 aromatic rings. The summed E-state index contributed by atoms with van der Waals surface area (Å²) in [4.78, 5) is 4.66. The van der Waals surface area contributed by atoms with Crippen molar-refractivity contribution in [2.24, 2.45) is 5.41 Å². The van der Waals surface area contributed by atoms with Gasteiger partial charge in [-0.2, -0.15) is 0 Å². The third kappa shape index (κ3) is 2.51. The van der Waals surface area contributed by atoms with Crippen molar-refractivity contribution in [3.8, 4) is 0 Å². The van der Waals surface area contributed by atoms with Crippen LogP contribution in [0.2, 0.25) is 0 Å². The molecule has 1 heterocycles. The van der Waals surface area contributed by atoms with Gasteiger partial charge in [-0.15, -0.1) is 11.6 Å². The predicted molar refractivity (Wildman–Crippen MR) is 80.5 cm³/mol. The molecule has 0 N–H and O–H groups in total. The first kappa shape index (κ1) is 13.0. The molecule has 1 aromatic heterocycles. The highest BCUT2D eigenvalue weighted by Crippen LogP contribution is 2.38. The van der Waals surface area contributed by atoms with Crippen molar-refractivity contribution in [3.63, 3.8) is 0 Å². The lowest BCUT2D eigenvalue weighted by atomic mass is 9.75. The molecule has 1 aromatic carbocycles. The minimum atomic E-state index is 0.405. The third-order valence-electron chi connectivity index (χ3n) is 4.45. The number of imidazole rings is 1. The molecule has 102 valence electrons. The molecule has 0 aliphatic heterocycles. The molecule has 0 unspecified atom stereocenters. The summed E-state index contributed by atoms with van der Waals surface area (Å²) in [6.45, 7) is 3.47. The van der Waals surface area contributed by atoms with Crippen molar-refractivity contribution < 1.29 is 0 Å². The molecule has 0 bridgehead atoms. The van der Waals surface area contributed by atoms with Crippen LogP contribution in [0, 0.1) is 5.41 Å². The van der Waals surface area contributed by atoms with Crippen LogP contribution in [0.4, 0.5) is 0 Å². The summed E-state index contributed by atoms with van der Waals surface area (Å²) < 4.78 is 2.34. The quantitative estimate of drug-likeness (QED) is 0.740. The Labute approximate surface area is 119 Å². The Morgan fingerprint density at radius 2 is 1.95 bits per heavy atom. The first-order valence-electron chi connectivity index (χ1n) is 7.22. The number of rotatable bonds is 3. The number of benzene rings is 1. The Kier molecular flexibility index (Phi) is 3.53.